The molecule has 3 rings (SSSR count). The number of nitrogens with two attached hydrogens (primary N) is 1. The van der Waals surface area contributed by atoms with Gasteiger partial charge in [-0.25, -0.2) is 0 Å². The average Bonchev–Trinajstić information content (AvgIpc) is 2.70. The van der Waals surface area contributed by atoms with E-state index in [9.17, 15) is 14.4 Å². The Morgan fingerprint density at radius 3 is 2.69 bits per heavy atom. The number of nitrogens with zero attached hydrogens (tertiary/aromatic N) is 1. The molecule has 0 atom stereocenters. The molecule has 0 aromatic heterocycles. The number of carbonyl (C=O) groups is 3. The Balaban J connectivity index is 1.90. The molecule has 7 nitrogen and oxygen atoms in total. The monoisotopic (exact) mass is 507 g/mol. The van der Waals surface area contributed by atoms with Crippen molar-refractivity contribution in [2.45, 2.75) is 39.0 Å². The highest BCUT2D eigenvalue weighted by molar-refractivity contribution is 14.1. The van der Waals surface area contributed by atoms with E-state index in [1.807, 2.05) is 0 Å². The fourth-order valence-electron chi connectivity index (χ4n) is 3.48. The van der Waals surface area contributed by atoms with Crippen LogP contribution in [0.5, 0.6) is 5.75 Å². The van der Waals surface area contributed by atoms with Crippen molar-refractivity contribution in [3.8, 4) is 17.6 Å². The second-order valence-electron chi connectivity index (χ2n) is 6.79. The largest absolute Gasteiger partial charge is 0.482 e. The minimum Gasteiger partial charge on any atom is -0.482 e. The fourth-order valence-corrected chi connectivity index (χ4v) is 4.05. The van der Waals surface area contributed by atoms with Crippen LogP contribution >= 0.6 is 22.6 Å². The lowest BCUT2D eigenvalue weighted by atomic mass is 9.90. The van der Waals surface area contributed by atoms with Crippen molar-refractivity contribution in [2.75, 3.05) is 23.4 Å². The smallest absolute Gasteiger partial charge is 0.265 e. The Bertz CT molecular complexity index is 959. The minimum absolute atomic E-state index is 0.0246. The van der Waals surface area contributed by atoms with E-state index in [2.05, 4.69) is 39.7 Å². The molecule has 0 saturated carbocycles. The molecule has 0 bridgehead atoms. The van der Waals surface area contributed by atoms with Gasteiger partial charge in [-0.3, -0.25) is 14.4 Å². The lowest BCUT2D eigenvalue weighted by molar-refractivity contribution is -0.121. The first-order chi connectivity index (χ1) is 13.9. The summed E-state index contributed by atoms with van der Waals surface area (Å²) in [4.78, 5) is 38.5. The molecule has 1 aliphatic heterocycles. The second kappa shape index (κ2) is 9.31. The van der Waals surface area contributed by atoms with Crippen LogP contribution < -0.4 is 20.7 Å². The zero-order chi connectivity index (χ0) is 21.0. The quantitative estimate of drug-likeness (QED) is 0.473. The summed E-state index contributed by atoms with van der Waals surface area (Å²) < 4.78 is 6.34. The zero-order valence-corrected chi connectivity index (χ0v) is 18.3. The van der Waals surface area contributed by atoms with Crippen LogP contribution in [0, 0.1) is 15.4 Å². The van der Waals surface area contributed by atoms with E-state index >= 15 is 0 Å². The summed E-state index contributed by atoms with van der Waals surface area (Å²) in [6.45, 7) is 2.18. The first-order valence-electron chi connectivity index (χ1n) is 9.42. The molecule has 8 heteroatoms. The number of ether oxygens (including phenoxy) is 1. The molecule has 1 aliphatic carbocycles. The Hall–Kier alpha value is -2.54. The van der Waals surface area contributed by atoms with Gasteiger partial charge >= 0.3 is 0 Å². The van der Waals surface area contributed by atoms with Gasteiger partial charge < -0.3 is 20.7 Å². The zero-order valence-electron chi connectivity index (χ0n) is 16.1. The van der Waals surface area contributed by atoms with E-state index < -0.39 is 5.91 Å². The van der Waals surface area contributed by atoms with Gasteiger partial charge in [-0.2, -0.15) is 0 Å². The van der Waals surface area contributed by atoms with Crippen molar-refractivity contribution in [3.05, 3.63) is 26.8 Å². The Morgan fingerprint density at radius 1 is 1.28 bits per heavy atom. The molecule has 152 valence electrons. The first kappa shape index (κ1) is 21.2. The summed E-state index contributed by atoms with van der Waals surface area (Å²) in [6, 6.07) is 3.53. The predicted octanol–water partition coefficient (Wildman–Crippen LogP) is 2.72. The van der Waals surface area contributed by atoms with Gasteiger partial charge in [0.15, 0.2) is 6.61 Å². The van der Waals surface area contributed by atoms with Crippen LogP contribution in [0.3, 0.4) is 0 Å². The molecule has 0 radical (unpaired) electrons. The fraction of sp³-hybridized carbons (Fsp3) is 0.381. The van der Waals surface area contributed by atoms with Crippen LogP contribution in [-0.2, 0) is 14.4 Å². The highest BCUT2D eigenvalue weighted by Crippen LogP contribution is 2.38. The number of rotatable bonds is 5. The summed E-state index contributed by atoms with van der Waals surface area (Å²) in [7, 11) is 0. The number of hydrogen-bond donors (Lipinski definition) is 2. The lowest BCUT2D eigenvalue weighted by Gasteiger charge is -2.30. The second-order valence-corrected chi connectivity index (χ2v) is 7.96. The number of halogens is 1. The van der Waals surface area contributed by atoms with Gasteiger partial charge in [-0.05, 0) is 67.3 Å². The highest BCUT2D eigenvalue weighted by atomic mass is 127. The molecule has 0 unspecified atom stereocenters. The van der Waals surface area contributed by atoms with E-state index in [0.717, 1.165) is 16.4 Å². The average molecular weight is 507 g/mol. The van der Waals surface area contributed by atoms with Gasteiger partial charge in [0, 0.05) is 27.7 Å². The lowest BCUT2D eigenvalue weighted by Crippen LogP contribution is -2.39. The molecule has 2 aliphatic rings. The number of hydrogen-bond acceptors (Lipinski definition) is 4. The van der Waals surface area contributed by atoms with Crippen LogP contribution in [-0.4, -0.2) is 30.9 Å². The number of fused-ring (bicyclic) bond motifs is 1. The van der Waals surface area contributed by atoms with E-state index in [1.54, 1.807) is 24.0 Å². The Morgan fingerprint density at radius 2 is 2.00 bits per heavy atom. The third-order valence-corrected chi connectivity index (χ3v) is 5.81. The van der Waals surface area contributed by atoms with E-state index in [-0.39, 0.29) is 18.4 Å². The van der Waals surface area contributed by atoms with Gasteiger partial charge in [0.2, 0.25) is 5.91 Å². The van der Waals surface area contributed by atoms with Gasteiger partial charge in [0.1, 0.15) is 5.75 Å². The predicted molar refractivity (Wildman–Crippen MR) is 118 cm³/mol. The third-order valence-electron chi connectivity index (χ3n) is 4.92. The Labute approximate surface area is 183 Å². The molecule has 0 spiro atoms. The van der Waals surface area contributed by atoms with Gasteiger partial charge in [0.25, 0.3) is 11.8 Å². The highest BCUT2D eigenvalue weighted by Gasteiger charge is 2.28. The topological polar surface area (TPSA) is 102 Å². The molecule has 1 heterocycles. The maximum Gasteiger partial charge on any atom is 0.265 e. The molecule has 0 saturated heterocycles. The summed E-state index contributed by atoms with van der Waals surface area (Å²) in [5.41, 5.74) is 7.45. The van der Waals surface area contributed by atoms with Crippen LogP contribution in [0.25, 0.3) is 0 Å². The third kappa shape index (κ3) is 4.72. The standard InChI is InChI=1S/C21H22IN3O4/c1-2-3-6-9-25-17-11-16(15(22)10-18(17)29-12-19(25)26)24-21(28)14-8-5-4-7-13(14)20(23)27/h10-11H,4-9,12H2,1H3,(H2,23,27)(H,24,28). The van der Waals surface area contributed by atoms with Gasteiger partial charge in [0.05, 0.1) is 11.4 Å². The maximum atomic E-state index is 12.8. The van der Waals surface area contributed by atoms with Crippen LogP contribution in [0.2, 0.25) is 0 Å². The number of primary amides is 1. The maximum absolute atomic E-state index is 12.8. The number of carbonyl (C=O) groups excluding carboxylic acids is 3. The van der Waals surface area contributed by atoms with Gasteiger partial charge in [-0.1, -0.05) is 0 Å². The molecule has 0 fully saturated rings. The summed E-state index contributed by atoms with van der Waals surface area (Å²) in [6.07, 6.45) is 3.28. The van der Waals surface area contributed by atoms with Crippen LogP contribution in [0.4, 0.5) is 11.4 Å². The van der Waals surface area contributed by atoms with E-state index in [0.29, 0.717) is 54.1 Å². The van der Waals surface area contributed by atoms with Crippen molar-refractivity contribution in [2.24, 2.45) is 5.73 Å². The molecule has 3 N–H and O–H groups in total. The van der Waals surface area contributed by atoms with Crippen molar-refractivity contribution in [3.63, 3.8) is 0 Å². The number of amides is 3. The normalized spacial score (nSPS) is 15.8. The molecule has 1 aromatic carbocycles. The van der Waals surface area contributed by atoms with Crippen LogP contribution in [0.15, 0.2) is 23.3 Å². The van der Waals surface area contributed by atoms with Crippen LogP contribution in [0.1, 0.15) is 39.0 Å². The minimum atomic E-state index is -0.544. The Kier molecular flexibility index (Phi) is 6.79. The molecule has 1 aromatic rings. The molecule has 3 amide bonds. The summed E-state index contributed by atoms with van der Waals surface area (Å²) in [5.74, 6) is 5.34. The molecular weight excluding hydrogens is 485 g/mol. The van der Waals surface area contributed by atoms with Crippen molar-refractivity contribution < 1.29 is 19.1 Å². The molecular formula is C21H22IN3O4. The van der Waals surface area contributed by atoms with Crippen molar-refractivity contribution >= 4 is 51.7 Å². The van der Waals surface area contributed by atoms with E-state index in [4.69, 9.17) is 10.5 Å². The SMILES string of the molecule is CC#CCCN1C(=O)COc2cc(I)c(NC(=O)C3=C(C(N)=O)CCCC3)cc21. The first-order valence-corrected chi connectivity index (χ1v) is 10.5. The summed E-state index contributed by atoms with van der Waals surface area (Å²) in [5, 5.41) is 2.88. The number of nitrogens with one attached hydrogen (secondary N) is 1. The van der Waals surface area contributed by atoms with Gasteiger partial charge in [-0.15, -0.1) is 11.8 Å². The van der Waals surface area contributed by atoms with E-state index in [1.165, 1.54) is 0 Å². The number of benzene rings is 1. The van der Waals surface area contributed by atoms with Crippen molar-refractivity contribution in [1.29, 1.82) is 0 Å². The summed E-state index contributed by atoms with van der Waals surface area (Å²) >= 11 is 2.11. The molecule has 29 heavy (non-hydrogen) atoms. The van der Waals surface area contributed by atoms with Crippen molar-refractivity contribution in [1.82, 2.24) is 0 Å². The number of anilines is 2.